The van der Waals surface area contributed by atoms with E-state index in [0.717, 1.165) is 34.3 Å². The Kier molecular flexibility index (Phi) is 5.81. The van der Waals surface area contributed by atoms with E-state index in [1.54, 1.807) is 0 Å². The lowest BCUT2D eigenvalue weighted by Gasteiger charge is -2.26. The normalized spacial score (nSPS) is 23.3. The van der Waals surface area contributed by atoms with E-state index < -0.39 is 0 Å². The highest BCUT2D eigenvalue weighted by Crippen LogP contribution is 2.22. The van der Waals surface area contributed by atoms with Crippen LogP contribution in [0.25, 0.3) is 0 Å². The summed E-state index contributed by atoms with van der Waals surface area (Å²) in [4.78, 5) is 12.5. The molecule has 0 saturated heterocycles. The fraction of sp³-hybridized carbons (Fsp3) is 0.615. The molecule has 1 aromatic rings. The molecule has 3 N–H and O–H groups in total. The zero-order valence-electron chi connectivity index (χ0n) is 10.7. The zero-order chi connectivity index (χ0) is 13.7. The van der Waals surface area contributed by atoms with Crippen molar-refractivity contribution in [2.45, 2.75) is 37.8 Å². The third-order valence-corrected chi connectivity index (χ3v) is 4.88. The SMILES string of the molecule is NC1CCC(OCCNC(=O)c2ccc(Br)s2)CC1. The molecule has 1 aliphatic carbocycles. The second-order valence-corrected chi connectivity index (χ2v) is 7.23. The van der Waals surface area contributed by atoms with Crippen LogP contribution in [0.3, 0.4) is 0 Å². The number of thiophene rings is 1. The van der Waals surface area contributed by atoms with Gasteiger partial charge in [-0.05, 0) is 53.7 Å². The molecule has 0 spiro atoms. The molecule has 1 heterocycles. The maximum Gasteiger partial charge on any atom is 0.261 e. The third kappa shape index (κ3) is 4.87. The van der Waals surface area contributed by atoms with Crippen LogP contribution in [0.4, 0.5) is 0 Å². The monoisotopic (exact) mass is 346 g/mol. The van der Waals surface area contributed by atoms with Crippen LogP contribution in [-0.4, -0.2) is 31.2 Å². The fourth-order valence-electron chi connectivity index (χ4n) is 2.17. The number of ether oxygens (including phenoxy) is 1. The molecule has 0 unspecified atom stereocenters. The van der Waals surface area contributed by atoms with E-state index in [1.165, 1.54) is 11.3 Å². The Bertz CT molecular complexity index is 417. The molecule has 6 heteroatoms. The van der Waals surface area contributed by atoms with Gasteiger partial charge in [-0.1, -0.05) is 0 Å². The second kappa shape index (κ2) is 7.38. The maximum absolute atomic E-state index is 11.8. The van der Waals surface area contributed by atoms with E-state index in [-0.39, 0.29) is 5.91 Å². The molecule has 4 nitrogen and oxygen atoms in total. The molecule has 0 radical (unpaired) electrons. The quantitative estimate of drug-likeness (QED) is 0.805. The highest BCUT2D eigenvalue weighted by molar-refractivity contribution is 9.11. The van der Waals surface area contributed by atoms with Gasteiger partial charge < -0.3 is 15.8 Å². The molecule has 106 valence electrons. The fourth-order valence-corrected chi connectivity index (χ4v) is 3.47. The summed E-state index contributed by atoms with van der Waals surface area (Å²) in [6, 6.07) is 4.03. The molecule has 1 amide bonds. The van der Waals surface area contributed by atoms with Crippen molar-refractivity contribution in [3.05, 3.63) is 20.8 Å². The van der Waals surface area contributed by atoms with Crippen molar-refractivity contribution < 1.29 is 9.53 Å². The molecule has 0 aromatic carbocycles. The van der Waals surface area contributed by atoms with Gasteiger partial charge in [-0.25, -0.2) is 0 Å². The van der Waals surface area contributed by atoms with Crippen molar-refractivity contribution >= 4 is 33.2 Å². The van der Waals surface area contributed by atoms with E-state index in [0.29, 0.717) is 25.3 Å². The Morgan fingerprint density at radius 3 is 2.79 bits per heavy atom. The molecule has 1 fully saturated rings. The molecule has 0 atom stereocenters. The van der Waals surface area contributed by atoms with E-state index >= 15 is 0 Å². The summed E-state index contributed by atoms with van der Waals surface area (Å²) in [6.07, 6.45) is 4.47. The predicted octanol–water partition coefficient (Wildman–Crippen LogP) is 2.53. The van der Waals surface area contributed by atoms with Gasteiger partial charge in [0.25, 0.3) is 5.91 Å². The van der Waals surface area contributed by atoms with Crippen LogP contribution in [0.2, 0.25) is 0 Å². The lowest BCUT2D eigenvalue weighted by molar-refractivity contribution is 0.0268. The van der Waals surface area contributed by atoms with Crippen molar-refractivity contribution in [2.75, 3.05) is 13.2 Å². The van der Waals surface area contributed by atoms with Gasteiger partial charge in [-0.2, -0.15) is 0 Å². The number of rotatable bonds is 5. The average Bonchev–Trinajstić information content (AvgIpc) is 2.83. The minimum Gasteiger partial charge on any atom is -0.376 e. The van der Waals surface area contributed by atoms with E-state index in [9.17, 15) is 4.79 Å². The minimum atomic E-state index is -0.0371. The lowest BCUT2D eigenvalue weighted by atomic mass is 9.94. The molecule has 1 saturated carbocycles. The van der Waals surface area contributed by atoms with Crippen molar-refractivity contribution in [2.24, 2.45) is 5.73 Å². The van der Waals surface area contributed by atoms with Crippen LogP contribution in [0.5, 0.6) is 0 Å². The van der Waals surface area contributed by atoms with Crippen molar-refractivity contribution in [3.8, 4) is 0 Å². The smallest absolute Gasteiger partial charge is 0.261 e. The topological polar surface area (TPSA) is 64.3 Å². The Balaban J connectivity index is 1.60. The Labute approximate surface area is 125 Å². The number of amides is 1. The first-order chi connectivity index (χ1) is 9.15. The average molecular weight is 347 g/mol. The highest BCUT2D eigenvalue weighted by atomic mass is 79.9. The van der Waals surface area contributed by atoms with Gasteiger partial charge >= 0.3 is 0 Å². The Morgan fingerprint density at radius 2 is 2.16 bits per heavy atom. The van der Waals surface area contributed by atoms with Crippen molar-refractivity contribution in [1.29, 1.82) is 0 Å². The summed E-state index contributed by atoms with van der Waals surface area (Å²) in [6.45, 7) is 1.12. The van der Waals surface area contributed by atoms with E-state index in [2.05, 4.69) is 21.2 Å². The third-order valence-electron chi connectivity index (χ3n) is 3.26. The van der Waals surface area contributed by atoms with E-state index in [1.807, 2.05) is 12.1 Å². The standard InChI is InChI=1S/C13H19BrN2O2S/c14-12-6-5-11(19-12)13(17)16-7-8-18-10-3-1-9(15)2-4-10/h5-6,9-10H,1-4,7-8,15H2,(H,16,17). The molecule has 1 aromatic heterocycles. The van der Waals surface area contributed by atoms with Crippen LogP contribution >= 0.6 is 27.3 Å². The van der Waals surface area contributed by atoms with Crippen LogP contribution < -0.4 is 11.1 Å². The summed E-state index contributed by atoms with van der Waals surface area (Å²) in [5.74, 6) is -0.0371. The molecule has 0 bridgehead atoms. The Hall–Kier alpha value is -0.430. The number of nitrogens with one attached hydrogen (secondary N) is 1. The summed E-state index contributed by atoms with van der Waals surface area (Å²) in [7, 11) is 0. The molecule has 2 rings (SSSR count). The highest BCUT2D eigenvalue weighted by Gasteiger charge is 2.18. The first kappa shape index (κ1) is 15.0. The van der Waals surface area contributed by atoms with Crippen LogP contribution in [0, 0.1) is 0 Å². The largest absolute Gasteiger partial charge is 0.376 e. The van der Waals surface area contributed by atoms with Gasteiger partial charge in [-0.3, -0.25) is 4.79 Å². The van der Waals surface area contributed by atoms with Gasteiger partial charge in [0.05, 0.1) is 21.4 Å². The summed E-state index contributed by atoms with van der Waals surface area (Å²) < 4.78 is 6.71. The second-order valence-electron chi connectivity index (χ2n) is 4.77. The predicted molar refractivity (Wildman–Crippen MR) is 80.5 cm³/mol. The lowest BCUT2D eigenvalue weighted by Crippen LogP contribution is -2.32. The Morgan fingerprint density at radius 1 is 1.42 bits per heavy atom. The summed E-state index contributed by atoms with van der Waals surface area (Å²) in [5.41, 5.74) is 5.84. The molecule has 19 heavy (non-hydrogen) atoms. The summed E-state index contributed by atoms with van der Waals surface area (Å²) in [5, 5.41) is 2.86. The maximum atomic E-state index is 11.8. The van der Waals surface area contributed by atoms with Crippen LogP contribution in [-0.2, 0) is 4.74 Å². The first-order valence-electron chi connectivity index (χ1n) is 6.56. The molecular formula is C13H19BrN2O2S. The first-order valence-corrected chi connectivity index (χ1v) is 8.17. The zero-order valence-corrected chi connectivity index (χ0v) is 13.1. The van der Waals surface area contributed by atoms with Crippen LogP contribution in [0.1, 0.15) is 35.4 Å². The van der Waals surface area contributed by atoms with E-state index in [4.69, 9.17) is 10.5 Å². The number of carbonyl (C=O) groups excluding carboxylic acids is 1. The summed E-state index contributed by atoms with van der Waals surface area (Å²) >= 11 is 4.77. The van der Waals surface area contributed by atoms with Gasteiger partial charge in [0.15, 0.2) is 0 Å². The van der Waals surface area contributed by atoms with Gasteiger partial charge in [0, 0.05) is 12.6 Å². The van der Waals surface area contributed by atoms with Gasteiger partial charge in [0.2, 0.25) is 0 Å². The van der Waals surface area contributed by atoms with Crippen molar-refractivity contribution in [3.63, 3.8) is 0 Å². The number of halogens is 1. The van der Waals surface area contributed by atoms with Gasteiger partial charge in [0.1, 0.15) is 0 Å². The number of nitrogens with two attached hydrogens (primary N) is 1. The minimum absolute atomic E-state index is 0.0371. The molecule has 1 aliphatic rings. The number of hydrogen-bond acceptors (Lipinski definition) is 4. The number of carbonyl (C=O) groups is 1. The molecular weight excluding hydrogens is 328 g/mol. The van der Waals surface area contributed by atoms with Crippen molar-refractivity contribution in [1.82, 2.24) is 5.32 Å². The van der Waals surface area contributed by atoms with Gasteiger partial charge in [-0.15, -0.1) is 11.3 Å². The molecule has 0 aliphatic heterocycles. The van der Waals surface area contributed by atoms with Crippen LogP contribution in [0.15, 0.2) is 15.9 Å². The number of hydrogen-bond donors (Lipinski definition) is 2.